The predicted molar refractivity (Wildman–Crippen MR) is 110 cm³/mol. The van der Waals surface area contributed by atoms with Crippen molar-refractivity contribution in [1.82, 2.24) is 9.78 Å². The van der Waals surface area contributed by atoms with Crippen molar-refractivity contribution in [3.05, 3.63) is 51.9 Å². The fourth-order valence-electron chi connectivity index (χ4n) is 3.28. The summed E-state index contributed by atoms with van der Waals surface area (Å²) in [6.45, 7) is 5.93. The molecule has 0 aliphatic carbocycles. The van der Waals surface area contributed by atoms with Crippen molar-refractivity contribution < 1.29 is 14.3 Å². The Labute approximate surface area is 169 Å². The van der Waals surface area contributed by atoms with Crippen molar-refractivity contribution in [3.63, 3.8) is 0 Å². The molecular formula is C21H26N4O4. The third-order valence-corrected chi connectivity index (χ3v) is 4.80. The van der Waals surface area contributed by atoms with E-state index in [1.54, 1.807) is 0 Å². The topological polar surface area (TPSA) is 93.5 Å². The molecule has 1 aliphatic rings. The van der Waals surface area contributed by atoms with Gasteiger partial charge in [-0.2, -0.15) is 5.10 Å². The van der Waals surface area contributed by atoms with Crippen LogP contribution in [-0.4, -0.2) is 41.4 Å². The monoisotopic (exact) mass is 398 g/mol. The van der Waals surface area contributed by atoms with Gasteiger partial charge < -0.3 is 15.0 Å². The van der Waals surface area contributed by atoms with Crippen molar-refractivity contribution in [2.24, 2.45) is 0 Å². The fourth-order valence-corrected chi connectivity index (χ4v) is 3.28. The molecule has 0 saturated carbocycles. The van der Waals surface area contributed by atoms with Crippen LogP contribution in [0.2, 0.25) is 0 Å². The van der Waals surface area contributed by atoms with E-state index in [4.69, 9.17) is 4.74 Å². The van der Waals surface area contributed by atoms with E-state index in [-0.39, 0.29) is 11.3 Å². The third kappa shape index (κ3) is 5.22. The first-order chi connectivity index (χ1) is 14.0. The quantitative estimate of drug-likeness (QED) is 0.720. The van der Waals surface area contributed by atoms with Crippen LogP contribution in [0.25, 0.3) is 0 Å². The van der Waals surface area contributed by atoms with Gasteiger partial charge in [0, 0.05) is 37.1 Å². The van der Waals surface area contributed by atoms with E-state index < -0.39 is 18.5 Å². The van der Waals surface area contributed by atoms with Crippen LogP contribution in [0, 0.1) is 6.92 Å². The van der Waals surface area contributed by atoms with Crippen molar-refractivity contribution >= 4 is 23.3 Å². The number of hydrogen-bond acceptors (Lipinski definition) is 6. The van der Waals surface area contributed by atoms with Gasteiger partial charge in [-0.15, -0.1) is 0 Å². The van der Waals surface area contributed by atoms with Crippen molar-refractivity contribution in [2.75, 3.05) is 29.9 Å². The minimum Gasteiger partial charge on any atom is -0.451 e. The van der Waals surface area contributed by atoms with Crippen LogP contribution in [0.15, 0.2) is 35.1 Å². The number of esters is 1. The van der Waals surface area contributed by atoms with Gasteiger partial charge in [0.05, 0.1) is 0 Å². The molecule has 1 aromatic carbocycles. The number of ether oxygens (including phenoxy) is 1. The highest BCUT2D eigenvalue weighted by Gasteiger charge is 2.16. The summed E-state index contributed by atoms with van der Waals surface area (Å²) >= 11 is 0. The molecule has 0 atom stereocenters. The van der Waals surface area contributed by atoms with Crippen molar-refractivity contribution in [3.8, 4) is 0 Å². The molecule has 8 nitrogen and oxygen atoms in total. The Balaban J connectivity index is 1.56. The zero-order chi connectivity index (χ0) is 20.8. The smallest absolute Gasteiger partial charge is 0.359 e. The molecule has 2 aromatic rings. The number of anilines is 2. The summed E-state index contributed by atoms with van der Waals surface area (Å²) in [4.78, 5) is 38.3. The van der Waals surface area contributed by atoms with Crippen LogP contribution in [0.3, 0.4) is 0 Å². The number of nitrogens with zero attached hydrogens (tertiary/aromatic N) is 3. The summed E-state index contributed by atoms with van der Waals surface area (Å²) in [6, 6.07) is 8.47. The molecule has 1 fully saturated rings. The number of rotatable bonds is 7. The molecule has 1 aromatic heterocycles. The summed E-state index contributed by atoms with van der Waals surface area (Å²) in [5, 5.41) is 6.74. The molecule has 1 N–H and O–H groups in total. The maximum Gasteiger partial charge on any atom is 0.359 e. The molecule has 1 saturated heterocycles. The lowest BCUT2D eigenvalue weighted by Crippen LogP contribution is -2.26. The van der Waals surface area contributed by atoms with Crippen LogP contribution in [0.1, 0.15) is 42.2 Å². The molecule has 154 valence electrons. The zero-order valence-electron chi connectivity index (χ0n) is 16.8. The van der Waals surface area contributed by atoms with Crippen LogP contribution < -0.4 is 15.8 Å². The van der Waals surface area contributed by atoms with Gasteiger partial charge in [-0.3, -0.25) is 9.59 Å². The summed E-state index contributed by atoms with van der Waals surface area (Å²) in [6.07, 6.45) is 3.12. The second kappa shape index (κ2) is 9.36. The Morgan fingerprint density at radius 1 is 1.17 bits per heavy atom. The number of carbonyl (C=O) groups is 2. The maximum absolute atomic E-state index is 12.2. The predicted octanol–water partition coefficient (Wildman–Crippen LogP) is 2.36. The minimum atomic E-state index is -0.744. The Morgan fingerprint density at radius 2 is 1.93 bits per heavy atom. The first-order valence-electron chi connectivity index (χ1n) is 9.88. The number of aryl methyl sites for hydroxylation is 2. The van der Waals surface area contributed by atoms with E-state index in [9.17, 15) is 14.4 Å². The molecule has 8 heteroatoms. The zero-order valence-corrected chi connectivity index (χ0v) is 16.8. The molecule has 0 radical (unpaired) electrons. The maximum atomic E-state index is 12.2. The minimum absolute atomic E-state index is 0.00278. The normalized spacial score (nSPS) is 13.4. The van der Waals surface area contributed by atoms with Gasteiger partial charge in [0.2, 0.25) is 0 Å². The Hall–Kier alpha value is -3.16. The van der Waals surface area contributed by atoms with Gasteiger partial charge in [0.1, 0.15) is 0 Å². The average molecular weight is 398 g/mol. The Kier molecular flexibility index (Phi) is 6.64. The van der Waals surface area contributed by atoms with E-state index in [0.717, 1.165) is 24.3 Å². The lowest BCUT2D eigenvalue weighted by Gasteiger charge is -2.19. The second-order valence-corrected chi connectivity index (χ2v) is 7.10. The van der Waals surface area contributed by atoms with Gasteiger partial charge in [-0.05, 0) is 56.0 Å². The number of nitrogens with one attached hydrogen (secondary N) is 1. The van der Waals surface area contributed by atoms with E-state index >= 15 is 0 Å². The number of aromatic nitrogens is 2. The standard InChI is InChI=1S/C21H26N4O4/c1-3-10-25-20(27)9-8-18(23-25)21(28)29-14-19(26)22-17-7-6-16(13-15(17)2)24-11-4-5-12-24/h6-9,13H,3-5,10-12,14H2,1-2H3,(H,22,26). The molecular weight excluding hydrogens is 372 g/mol. The van der Waals surface area contributed by atoms with Crippen LogP contribution in [0.5, 0.6) is 0 Å². The fraction of sp³-hybridized carbons (Fsp3) is 0.429. The van der Waals surface area contributed by atoms with E-state index in [1.165, 1.54) is 29.7 Å². The summed E-state index contributed by atoms with van der Waals surface area (Å²) < 4.78 is 6.25. The second-order valence-electron chi connectivity index (χ2n) is 7.10. The van der Waals surface area contributed by atoms with Gasteiger partial charge >= 0.3 is 5.97 Å². The first-order valence-corrected chi connectivity index (χ1v) is 9.88. The molecule has 3 rings (SSSR count). The van der Waals surface area contributed by atoms with E-state index in [1.807, 2.05) is 32.0 Å². The SMILES string of the molecule is CCCn1nc(C(=O)OCC(=O)Nc2ccc(N3CCCC3)cc2C)ccc1=O. The highest BCUT2D eigenvalue weighted by molar-refractivity contribution is 5.95. The molecule has 0 spiro atoms. The molecule has 0 bridgehead atoms. The highest BCUT2D eigenvalue weighted by atomic mass is 16.5. The van der Waals surface area contributed by atoms with Crippen LogP contribution >= 0.6 is 0 Å². The van der Waals surface area contributed by atoms with Gasteiger partial charge in [-0.1, -0.05) is 6.92 Å². The number of hydrogen-bond donors (Lipinski definition) is 1. The van der Waals surface area contributed by atoms with E-state index in [2.05, 4.69) is 15.3 Å². The van der Waals surface area contributed by atoms with E-state index in [0.29, 0.717) is 18.7 Å². The number of amides is 1. The van der Waals surface area contributed by atoms with Crippen molar-refractivity contribution in [2.45, 2.75) is 39.7 Å². The molecule has 1 aliphatic heterocycles. The molecule has 2 heterocycles. The molecule has 29 heavy (non-hydrogen) atoms. The van der Waals surface area contributed by atoms with Gasteiger partial charge in [-0.25, -0.2) is 9.48 Å². The largest absolute Gasteiger partial charge is 0.451 e. The molecule has 0 unspecified atom stereocenters. The van der Waals surface area contributed by atoms with Crippen LogP contribution in [0.4, 0.5) is 11.4 Å². The molecule has 1 amide bonds. The number of carbonyl (C=O) groups excluding carboxylic acids is 2. The van der Waals surface area contributed by atoms with Crippen molar-refractivity contribution in [1.29, 1.82) is 0 Å². The lowest BCUT2D eigenvalue weighted by molar-refractivity contribution is -0.119. The number of benzene rings is 1. The average Bonchev–Trinajstić information content (AvgIpc) is 3.24. The third-order valence-electron chi connectivity index (χ3n) is 4.80. The van der Waals surface area contributed by atoms with Crippen LogP contribution in [-0.2, 0) is 16.1 Å². The summed E-state index contributed by atoms with van der Waals surface area (Å²) in [5.74, 6) is -1.18. The van der Waals surface area contributed by atoms with Gasteiger partial charge in [0.15, 0.2) is 12.3 Å². The Bertz CT molecular complexity index is 948. The highest BCUT2D eigenvalue weighted by Crippen LogP contribution is 2.25. The van der Waals surface area contributed by atoms with Gasteiger partial charge in [0.25, 0.3) is 11.5 Å². The lowest BCUT2D eigenvalue weighted by atomic mass is 10.1. The summed E-state index contributed by atoms with van der Waals surface area (Å²) in [7, 11) is 0. The summed E-state index contributed by atoms with van der Waals surface area (Å²) in [5.41, 5.74) is 2.50. The Morgan fingerprint density at radius 3 is 2.62 bits per heavy atom. The first kappa shape index (κ1) is 20.6.